The van der Waals surface area contributed by atoms with Crippen molar-refractivity contribution in [2.24, 2.45) is 11.8 Å². The molecule has 0 radical (unpaired) electrons. The molecule has 32 heavy (non-hydrogen) atoms. The molecule has 0 bridgehead atoms. The lowest BCUT2D eigenvalue weighted by Gasteiger charge is -2.28. The zero-order valence-corrected chi connectivity index (χ0v) is 17.7. The van der Waals surface area contributed by atoms with Gasteiger partial charge in [0, 0.05) is 37.3 Å². The summed E-state index contributed by atoms with van der Waals surface area (Å²) in [5.41, 5.74) is 1.19. The van der Waals surface area contributed by atoms with Crippen LogP contribution in [0, 0.1) is 27.8 Å². The van der Waals surface area contributed by atoms with Gasteiger partial charge in [0.2, 0.25) is 0 Å². The van der Waals surface area contributed by atoms with Gasteiger partial charge in [0.25, 0.3) is 11.6 Å². The van der Waals surface area contributed by atoms with Gasteiger partial charge >= 0.3 is 6.03 Å². The van der Waals surface area contributed by atoms with Gasteiger partial charge in [-0.1, -0.05) is 12.1 Å². The molecular formula is C23H27FN4O4. The molecule has 3 rings (SSSR count). The number of non-ortho nitro benzene ring substituents is 1. The Hall–Kier alpha value is -3.49. The summed E-state index contributed by atoms with van der Waals surface area (Å²) in [6, 6.07) is 11.3. The highest BCUT2D eigenvalue weighted by atomic mass is 19.1. The number of benzene rings is 2. The van der Waals surface area contributed by atoms with Crippen LogP contribution in [0.4, 0.5) is 14.9 Å². The van der Waals surface area contributed by atoms with Crippen LogP contribution in [0.1, 0.15) is 41.6 Å². The fourth-order valence-electron chi connectivity index (χ4n) is 3.80. The van der Waals surface area contributed by atoms with Crippen molar-refractivity contribution in [3.8, 4) is 0 Å². The van der Waals surface area contributed by atoms with E-state index in [2.05, 4.69) is 16.0 Å². The SMILES string of the molecule is O=C(NCc1ccc(F)cc1)NCC1CCC(CNC(=O)c2ccc([N+](=O)[O-])cc2)CC1. The number of urea groups is 1. The molecule has 2 aromatic carbocycles. The molecule has 0 heterocycles. The van der Waals surface area contributed by atoms with E-state index in [0.29, 0.717) is 37.0 Å². The number of nitro benzene ring substituents is 1. The highest BCUT2D eigenvalue weighted by Gasteiger charge is 2.22. The topological polar surface area (TPSA) is 113 Å². The van der Waals surface area contributed by atoms with Crippen molar-refractivity contribution in [1.82, 2.24) is 16.0 Å². The number of hydrogen-bond donors (Lipinski definition) is 3. The molecule has 2 aromatic rings. The number of amides is 3. The normalized spacial score (nSPS) is 17.9. The number of carbonyl (C=O) groups is 2. The third kappa shape index (κ3) is 7.04. The van der Waals surface area contributed by atoms with Gasteiger partial charge in [-0.15, -0.1) is 0 Å². The van der Waals surface area contributed by atoms with Gasteiger partial charge < -0.3 is 16.0 Å². The predicted molar refractivity (Wildman–Crippen MR) is 118 cm³/mol. The van der Waals surface area contributed by atoms with Crippen LogP contribution in [0.2, 0.25) is 0 Å². The van der Waals surface area contributed by atoms with Crippen molar-refractivity contribution < 1.29 is 18.9 Å². The Balaban J connectivity index is 1.30. The number of rotatable bonds is 8. The predicted octanol–water partition coefficient (Wildman–Crippen LogP) is 3.77. The Morgan fingerprint density at radius 2 is 1.44 bits per heavy atom. The minimum Gasteiger partial charge on any atom is -0.352 e. The lowest BCUT2D eigenvalue weighted by Crippen LogP contribution is -2.39. The van der Waals surface area contributed by atoms with E-state index in [1.54, 1.807) is 12.1 Å². The van der Waals surface area contributed by atoms with E-state index in [-0.39, 0.29) is 23.4 Å². The van der Waals surface area contributed by atoms with Crippen LogP contribution in [0.15, 0.2) is 48.5 Å². The fourth-order valence-corrected chi connectivity index (χ4v) is 3.80. The minimum atomic E-state index is -0.496. The summed E-state index contributed by atoms with van der Waals surface area (Å²) in [4.78, 5) is 34.4. The molecule has 1 aliphatic rings. The van der Waals surface area contributed by atoms with Crippen LogP contribution >= 0.6 is 0 Å². The van der Waals surface area contributed by atoms with E-state index >= 15 is 0 Å². The van der Waals surface area contributed by atoms with Gasteiger partial charge in [0.05, 0.1) is 4.92 Å². The monoisotopic (exact) mass is 442 g/mol. The maximum atomic E-state index is 12.9. The molecule has 0 aromatic heterocycles. The van der Waals surface area contributed by atoms with Crippen LogP contribution in [-0.2, 0) is 6.54 Å². The molecule has 9 heteroatoms. The Morgan fingerprint density at radius 3 is 2.00 bits per heavy atom. The first-order valence-corrected chi connectivity index (χ1v) is 10.7. The quantitative estimate of drug-likeness (QED) is 0.427. The molecule has 1 fully saturated rings. The molecular weight excluding hydrogens is 415 g/mol. The number of carbonyl (C=O) groups excluding carboxylic acids is 2. The summed E-state index contributed by atoms with van der Waals surface area (Å²) in [6.45, 7) is 1.50. The largest absolute Gasteiger partial charge is 0.352 e. The van der Waals surface area contributed by atoms with Crippen LogP contribution < -0.4 is 16.0 Å². The Bertz CT molecular complexity index is 926. The van der Waals surface area contributed by atoms with Crippen molar-refractivity contribution in [1.29, 1.82) is 0 Å². The summed E-state index contributed by atoms with van der Waals surface area (Å²) in [5, 5.41) is 19.3. The average molecular weight is 442 g/mol. The van der Waals surface area contributed by atoms with Gasteiger partial charge in [-0.25, -0.2) is 9.18 Å². The first-order chi connectivity index (χ1) is 15.4. The van der Waals surface area contributed by atoms with Gasteiger partial charge in [0.1, 0.15) is 5.82 Å². The number of hydrogen-bond acceptors (Lipinski definition) is 4. The molecule has 0 atom stereocenters. The molecule has 1 saturated carbocycles. The second-order valence-electron chi connectivity index (χ2n) is 8.09. The van der Waals surface area contributed by atoms with Crippen molar-refractivity contribution in [3.05, 3.63) is 75.6 Å². The molecule has 0 saturated heterocycles. The second-order valence-corrected chi connectivity index (χ2v) is 8.09. The van der Waals surface area contributed by atoms with Crippen molar-refractivity contribution >= 4 is 17.6 Å². The maximum Gasteiger partial charge on any atom is 0.315 e. The number of halogens is 1. The molecule has 170 valence electrons. The maximum absolute atomic E-state index is 12.9. The lowest BCUT2D eigenvalue weighted by atomic mass is 9.82. The fraction of sp³-hybridized carbons (Fsp3) is 0.391. The van der Waals surface area contributed by atoms with Crippen LogP contribution in [0.5, 0.6) is 0 Å². The van der Waals surface area contributed by atoms with Crippen molar-refractivity contribution in [2.75, 3.05) is 13.1 Å². The average Bonchev–Trinajstić information content (AvgIpc) is 2.81. The third-order valence-corrected chi connectivity index (χ3v) is 5.78. The molecule has 3 N–H and O–H groups in total. The van der Waals surface area contributed by atoms with Gasteiger partial charge in [0.15, 0.2) is 0 Å². The molecule has 0 spiro atoms. The van der Waals surface area contributed by atoms with Crippen LogP contribution in [0.25, 0.3) is 0 Å². The smallest absolute Gasteiger partial charge is 0.315 e. The van der Waals surface area contributed by atoms with E-state index in [1.165, 1.54) is 36.4 Å². The first kappa shape index (κ1) is 23.2. The van der Waals surface area contributed by atoms with Gasteiger partial charge in [-0.05, 0) is 67.3 Å². The number of nitrogens with one attached hydrogen (secondary N) is 3. The molecule has 0 aliphatic heterocycles. The summed E-state index contributed by atoms with van der Waals surface area (Å²) >= 11 is 0. The molecule has 3 amide bonds. The summed E-state index contributed by atoms with van der Waals surface area (Å²) in [5.74, 6) is 0.231. The van der Waals surface area contributed by atoms with Gasteiger partial charge in [-0.2, -0.15) is 0 Å². The zero-order valence-electron chi connectivity index (χ0n) is 17.7. The summed E-state index contributed by atoms with van der Waals surface area (Å²) in [6.07, 6.45) is 3.86. The zero-order chi connectivity index (χ0) is 22.9. The Labute approximate surface area is 185 Å². The van der Waals surface area contributed by atoms with E-state index in [0.717, 1.165) is 31.2 Å². The van der Waals surface area contributed by atoms with E-state index in [9.17, 15) is 24.1 Å². The summed E-state index contributed by atoms with van der Waals surface area (Å²) < 4.78 is 12.9. The number of nitro groups is 1. The summed E-state index contributed by atoms with van der Waals surface area (Å²) in [7, 11) is 0. The van der Waals surface area contributed by atoms with E-state index in [4.69, 9.17) is 0 Å². The Kier molecular flexibility index (Phi) is 8.13. The highest BCUT2D eigenvalue weighted by molar-refractivity contribution is 5.94. The second kappa shape index (κ2) is 11.2. The van der Waals surface area contributed by atoms with Crippen molar-refractivity contribution in [2.45, 2.75) is 32.2 Å². The standard InChI is InChI=1S/C23H27FN4O4/c24-20-9-5-18(6-10-20)15-27-23(30)26-14-17-3-1-16(2-4-17)13-25-22(29)19-7-11-21(12-8-19)28(31)32/h5-12,16-17H,1-4,13-15H2,(H,25,29)(H2,26,27,30). The molecule has 8 nitrogen and oxygen atoms in total. The molecule has 0 unspecified atom stereocenters. The number of nitrogens with zero attached hydrogens (tertiary/aromatic N) is 1. The van der Waals surface area contributed by atoms with E-state index in [1.807, 2.05) is 0 Å². The van der Waals surface area contributed by atoms with Crippen molar-refractivity contribution in [3.63, 3.8) is 0 Å². The molecule has 1 aliphatic carbocycles. The van der Waals surface area contributed by atoms with Gasteiger partial charge in [-0.3, -0.25) is 14.9 Å². The highest BCUT2D eigenvalue weighted by Crippen LogP contribution is 2.28. The van der Waals surface area contributed by atoms with Crippen LogP contribution in [-0.4, -0.2) is 30.0 Å². The lowest BCUT2D eigenvalue weighted by molar-refractivity contribution is -0.384. The first-order valence-electron chi connectivity index (χ1n) is 10.7. The minimum absolute atomic E-state index is 0.0439. The van der Waals surface area contributed by atoms with E-state index < -0.39 is 4.92 Å². The third-order valence-electron chi connectivity index (χ3n) is 5.78. The van der Waals surface area contributed by atoms with Crippen LogP contribution in [0.3, 0.4) is 0 Å². The Morgan fingerprint density at radius 1 is 0.875 bits per heavy atom.